The Bertz CT molecular complexity index is 328. The molecule has 19 heavy (non-hydrogen) atoms. The van der Waals surface area contributed by atoms with Gasteiger partial charge in [0.05, 0.1) is 12.7 Å². The number of amides is 1. The van der Waals surface area contributed by atoms with Gasteiger partial charge < -0.3 is 15.0 Å². The van der Waals surface area contributed by atoms with Gasteiger partial charge in [0.15, 0.2) is 0 Å². The normalized spacial score (nSPS) is 37.5. The highest BCUT2D eigenvalue weighted by Gasteiger charge is 2.40. The van der Waals surface area contributed by atoms with E-state index in [4.69, 9.17) is 4.74 Å². The summed E-state index contributed by atoms with van der Waals surface area (Å²) in [6.45, 7) is 3.29. The van der Waals surface area contributed by atoms with Gasteiger partial charge in [-0.15, -0.1) is 0 Å². The first kappa shape index (κ1) is 13.4. The van der Waals surface area contributed by atoms with Crippen LogP contribution in [0, 0.1) is 17.8 Å². The Balaban J connectivity index is 1.44. The van der Waals surface area contributed by atoms with E-state index in [1.165, 1.54) is 25.7 Å². The van der Waals surface area contributed by atoms with Gasteiger partial charge in [0.2, 0.25) is 5.91 Å². The van der Waals surface area contributed by atoms with Crippen molar-refractivity contribution in [3.05, 3.63) is 0 Å². The average molecular weight is 266 g/mol. The number of likely N-dealkylation sites (N-methyl/N-ethyl adjacent to an activating group) is 1. The number of nitrogens with zero attached hydrogens (tertiary/aromatic N) is 1. The van der Waals surface area contributed by atoms with Gasteiger partial charge in [-0.25, -0.2) is 0 Å². The van der Waals surface area contributed by atoms with Crippen LogP contribution in [0.1, 0.15) is 32.1 Å². The Morgan fingerprint density at radius 2 is 2.26 bits per heavy atom. The smallest absolute Gasteiger partial charge is 0.222 e. The third-order valence-corrected chi connectivity index (χ3v) is 5.23. The Morgan fingerprint density at radius 1 is 1.37 bits per heavy atom. The van der Waals surface area contributed by atoms with Gasteiger partial charge in [-0.2, -0.15) is 0 Å². The molecule has 3 rings (SSSR count). The highest BCUT2D eigenvalue weighted by atomic mass is 16.5. The minimum absolute atomic E-state index is 0.169. The predicted molar refractivity (Wildman–Crippen MR) is 73.8 cm³/mol. The molecule has 0 aromatic heterocycles. The monoisotopic (exact) mass is 266 g/mol. The molecule has 1 amide bonds. The van der Waals surface area contributed by atoms with Crippen molar-refractivity contribution >= 4 is 5.91 Å². The summed E-state index contributed by atoms with van der Waals surface area (Å²) in [5.41, 5.74) is 0. The molecule has 1 saturated heterocycles. The number of ether oxygens (including phenoxy) is 1. The quantitative estimate of drug-likeness (QED) is 0.833. The molecule has 4 nitrogen and oxygen atoms in total. The van der Waals surface area contributed by atoms with Gasteiger partial charge in [0.1, 0.15) is 0 Å². The fourth-order valence-electron chi connectivity index (χ4n) is 4.15. The van der Waals surface area contributed by atoms with Crippen LogP contribution < -0.4 is 5.32 Å². The van der Waals surface area contributed by atoms with Crippen LogP contribution >= 0.6 is 0 Å². The molecule has 1 aliphatic heterocycles. The number of hydrogen-bond donors (Lipinski definition) is 1. The van der Waals surface area contributed by atoms with E-state index < -0.39 is 0 Å². The van der Waals surface area contributed by atoms with E-state index in [-0.39, 0.29) is 6.10 Å². The number of fused-ring (bicyclic) bond motifs is 2. The molecular formula is C15H26N2O2. The van der Waals surface area contributed by atoms with Crippen LogP contribution in [0.4, 0.5) is 0 Å². The highest BCUT2D eigenvalue weighted by Crippen LogP contribution is 2.49. The fourth-order valence-corrected chi connectivity index (χ4v) is 4.15. The predicted octanol–water partition coefficient (Wildman–Crippen LogP) is 1.26. The van der Waals surface area contributed by atoms with E-state index in [0.29, 0.717) is 11.8 Å². The maximum atomic E-state index is 12.3. The SMILES string of the molecule is CN(CC1CNCCO1)C(=O)CC1CC2CCC1C2. The van der Waals surface area contributed by atoms with Crippen molar-refractivity contribution in [1.29, 1.82) is 0 Å². The van der Waals surface area contributed by atoms with Crippen LogP contribution in [0.2, 0.25) is 0 Å². The lowest BCUT2D eigenvalue weighted by molar-refractivity contribution is -0.133. The molecule has 108 valence electrons. The second kappa shape index (κ2) is 5.80. The first-order valence-corrected chi connectivity index (χ1v) is 7.78. The number of hydrogen-bond acceptors (Lipinski definition) is 3. The van der Waals surface area contributed by atoms with Crippen LogP contribution in [0.25, 0.3) is 0 Å². The van der Waals surface area contributed by atoms with E-state index in [1.807, 2.05) is 11.9 Å². The van der Waals surface area contributed by atoms with E-state index in [0.717, 1.165) is 44.5 Å². The third kappa shape index (κ3) is 3.11. The largest absolute Gasteiger partial charge is 0.374 e. The summed E-state index contributed by atoms with van der Waals surface area (Å²) in [5, 5.41) is 3.31. The zero-order valence-corrected chi connectivity index (χ0v) is 11.9. The summed E-state index contributed by atoms with van der Waals surface area (Å²) in [6.07, 6.45) is 6.39. The lowest BCUT2D eigenvalue weighted by Gasteiger charge is -2.29. The molecule has 2 saturated carbocycles. The summed E-state index contributed by atoms with van der Waals surface area (Å²) >= 11 is 0. The van der Waals surface area contributed by atoms with Gasteiger partial charge in [-0.05, 0) is 37.0 Å². The van der Waals surface area contributed by atoms with E-state index in [1.54, 1.807) is 0 Å². The number of morpholine rings is 1. The minimum Gasteiger partial charge on any atom is -0.374 e. The second-order valence-electron chi connectivity index (χ2n) is 6.61. The van der Waals surface area contributed by atoms with E-state index in [9.17, 15) is 4.79 Å². The van der Waals surface area contributed by atoms with Gasteiger partial charge in [-0.3, -0.25) is 4.79 Å². The van der Waals surface area contributed by atoms with E-state index in [2.05, 4.69) is 5.32 Å². The van der Waals surface area contributed by atoms with Crippen LogP contribution in [0.15, 0.2) is 0 Å². The van der Waals surface area contributed by atoms with Crippen molar-refractivity contribution in [1.82, 2.24) is 10.2 Å². The molecule has 0 spiro atoms. The molecule has 1 heterocycles. The molecule has 0 aromatic carbocycles. The van der Waals surface area contributed by atoms with Gasteiger partial charge in [0.25, 0.3) is 0 Å². The Morgan fingerprint density at radius 3 is 2.89 bits per heavy atom. The van der Waals surface area contributed by atoms with Crippen LogP contribution in [0.3, 0.4) is 0 Å². The number of nitrogens with one attached hydrogen (secondary N) is 1. The first-order chi connectivity index (χ1) is 9.22. The maximum absolute atomic E-state index is 12.3. The summed E-state index contributed by atoms with van der Waals surface area (Å²) in [4.78, 5) is 14.2. The molecule has 0 aromatic rings. The summed E-state index contributed by atoms with van der Waals surface area (Å²) < 4.78 is 5.66. The molecule has 1 N–H and O–H groups in total. The third-order valence-electron chi connectivity index (χ3n) is 5.23. The Kier molecular flexibility index (Phi) is 4.08. The maximum Gasteiger partial charge on any atom is 0.222 e. The molecule has 0 radical (unpaired) electrons. The molecule has 4 unspecified atom stereocenters. The van der Waals surface area contributed by atoms with Gasteiger partial charge in [0, 0.05) is 33.1 Å². The first-order valence-electron chi connectivity index (χ1n) is 7.78. The molecular weight excluding hydrogens is 240 g/mol. The van der Waals surface area contributed by atoms with Crippen LogP contribution in [-0.2, 0) is 9.53 Å². The van der Waals surface area contributed by atoms with Gasteiger partial charge >= 0.3 is 0 Å². The Labute approximate surface area is 115 Å². The molecule has 4 atom stereocenters. The lowest BCUT2D eigenvalue weighted by atomic mass is 9.86. The fraction of sp³-hybridized carbons (Fsp3) is 0.933. The lowest BCUT2D eigenvalue weighted by Crippen LogP contribution is -2.46. The number of carbonyl (C=O) groups is 1. The van der Waals surface area contributed by atoms with Gasteiger partial charge in [-0.1, -0.05) is 6.42 Å². The van der Waals surface area contributed by atoms with Crippen molar-refractivity contribution in [2.24, 2.45) is 17.8 Å². The zero-order valence-electron chi connectivity index (χ0n) is 11.9. The Hall–Kier alpha value is -0.610. The molecule has 2 bridgehead atoms. The zero-order chi connectivity index (χ0) is 13.2. The molecule has 3 fully saturated rings. The van der Waals surface area contributed by atoms with Crippen molar-refractivity contribution in [2.45, 2.75) is 38.2 Å². The highest BCUT2D eigenvalue weighted by molar-refractivity contribution is 5.76. The second-order valence-corrected chi connectivity index (χ2v) is 6.61. The van der Waals surface area contributed by atoms with Crippen LogP contribution in [0.5, 0.6) is 0 Å². The van der Waals surface area contributed by atoms with Crippen molar-refractivity contribution in [2.75, 3.05) is 33.3 Å². The summed E-state index contributed by atoms with van der Waals surface area (Å²) in [7, 11) is 1.92. The minimum atomic E-state index is 0.169. The molecule has 2 aliphatic carbocycles. The summed E-state index contributed by atoms with van der Waals surface area (Å²) in [5.74, 6) is 2.75. The molecule has 4 heteroatoms. The molecule has 3 aliphatic rings. The van der Waals surface area contributed by atoms with E-state index >= 15 is 0 Å². The van der Waals surface area contributed by atoms with Crippen molar-refractivity contribution in [3.63, 3.8) is 0 Å². The standard InChI is InChI=1S/C15H26N2O2/c1-17(10-14-9-16-4-5-19-14)15(18)8-13-7-11-2-3-12(13)6-11/h11-14,16H,2-10H2,1H3. The topological polar surface area (TPSA) is 41.6 Å². The number of carbonyl (C=O) groups excluding carboxylic acids is 1. The number of rotatable bonds is 4. The van der Waals surface area contributed by atoms with Crippen molar-refractivity contribution < 1.29 is 9.53 Å². The summed E-state index contributed by atoms with van der Waals surface area (Å²) in [6, 6.07) is 0. The average Bonchev–Trinajstić information content (AvgIpc) is 3.02. The van der Waals surface area contributed by atoms with Crippen molar-refractivity contribution in [3.8, 4) is 0 Å². The van der Waals surface area contributed by atoms with Crippen LogP contribution in [-0.4, -0.2) is 50.2 Å².